The highest BCUT2D eigenvalue weighted by atomic mass is 16.5. The van der Waals surface area contributed by atoms with Crippen molar-refractivity contribution in [2.24, 2.45) is 0 Å². The fraction of sp³-hybridized carbons (Fsp3) is 0.600. The van der Waals surface area contributed by atoms with Crippen LogP contribution in [-0.2, 0) is 12.8 Å². The van der Waals surface area contributed by atoms with Crippen molar-refractivity contribution in [2.75, 3.05) is 7.11 Å². The summed E-state index contributed by atoms with van der Waals surface area (Å²) >= 11 is 0. The van der Waals surface area contributed by atoms with E-state index in [1.54, 1.807) is 7.11 Å². The quantitative estimate of drug-likeness (QED) is 0.851. The Labute approximate surface area is 104 Å². The van der Waals surface area contributed by atoms with Crippen molar-refractivity contribution in [3.8, 4) is 5.75 Å². The van der Waals surface area contributed by atoms with E-state index >= 15 is 0 Å². The molecule has 1 aliphatic carbocycles. The van der Waals surface area contributed by atoms with Crippen LogP contribution in [0, 0.1) is 13.8 Å². The van der Waals surface area contributed by atoms with Gasteiger partial charge in [0, 0.05) is 5.56 Å². The molecule has 2 heteroatoms. The zero-order valence-corrected chi connectivity index (χ0v) is 11.3. The maximum absolute atomic E-state index is 9.96. The summed E-state index contributed by atoms with van der Waals surface area (Å²) < 4.78 is 5.52. The molecule has 0 saturated heterocycles. The van der Waals surface area contributed by atoms with Crippen LogP contribution in [-0.4, -0.2) is 12.2 Å². The van der Waals surface area contributed by atoms with E-state index < -0.39 is 6.10 Å². The van der Waals surface area contributed by atoms with E-state index in [2.05, 4.69) is 13.8 Å². The molecule has 0 aliphatic heterocycles. The van der Waals surface area contributed by atoms with Crippen LogP contribution in [0.1, 0.15) is 53.7 Å². The first-order valence-corrected chi connectivity index (χ1v) is 6.44. The van der Waals surface area contributed by atoms with Crippen molar-refractivity contribution in [3.63, 3.8) is 0 Å². The minimum Gasteiger partial charge on any atom is -0.496 e. The van der Waals surface area contributed by atoms with Gasteiger partial charge in [0.25, 0.3) is 0 Å². The lowest BCUT2D eigenvalue weighted by atomic mass is 9.82. The van der Waals surface area contributed by atoms with E-state index in [0.29, 0.717) is 0 Å². The highest BCUT2D eigenvalue weighted by Gasteiger charge is 2.23. The van der Waals surface area contributed by atoms with E-state index in [9.17, 15) is 5.11 Å². The van der Waals surface area contributed by atoms with Crippen LogP contribution >= 0.6 is 0 Å². The van der Waals surface area contributed by atoms with Crippen molar-refractivity contribution in [1.82, 2.24) is 0 Å². The molecule has 2 rings (SSSR count). The predicted molar refractivity (Wildman–Crippen MR) is 69.7 cm³/mol. The molecule has 0 aromatic heterocycles. The molecule has 1 N–H and O–H groups in total. The summed E-state index contributed by atoms with van der Waals surface area (Å²) in [5.74, 6) is 0.887. The molecule has 94 valence electrons. The van der Waals surface area contributed by atoms with Crippen molar-refractivity contribution in [2.45, 2.75) is 52.6 Å². The second-order valence-electron chi connectivity index (χ2n) is 5.04. The summed E-state index contributed by atoms with van der Waals surface area (Å²) in [7, 11) is 1.70. The Hall–Kier alpha value is -1.02. The average molecular weight is 234 g/mol. The highest BCUT2D eigenvalue weighted by molar-refractivity contribution is 5.56. The SMILES string of the molecule is COc1c(C)c2c(c(C)c1C(C)O)CCCC2. The predicted octanol–water partition coefficient (Wildman–Crippen LogP) is 3.24. The van der Waals surface area contributed by atoms with Gasteiger partial charge in [-0.2, -0.15) is 0 Å². The molecule has 0 heterocycles. The van der Waals surface area contributed by atoms with Gasteiger partial charge in [0.05, 0.1) is 13.2 Å². The second kappa shape index (κ2) is 4.69. The number of methoxy groups -OCH3 is 1. The number of fused-ring (bicyclic) bond motifs is 1. The Morgan fingerprint density at radius 3 is 2.06 bits per heavy atom. The molecule has 0 radical (unpaired) electrons. The number of hydrogen-bond donors (Lipinski definition) is 1. The monoisotopic (exact) mass is 234 g/mol. The molecule has 1 aliphatic rings. The number of ether oxygens (including phenoxy) is 1. The van der Waals surface area contributed by atoms with E-state index in [4.69, 9.17) is 4.74 Å². The zero-order chi connectivity index (χ0) is 12.6. The standard InChI is InChI=1S/C15H22O2/c1-9-12-7-5-6-8-13(12)10(2)15(17-4)14(9)11(3)16/h11,16H,5-8H2,1-4H3. The van der Waals surface area contributed by atoms with Gasteiger partial charge in [-0.3, -0.25) is 0 Å². The molecular formula is C15H22O2. The Kier molecular flexibility index (Phi) is 3.43. The molecule has 1 unspecified atom stereocenters. The Balaban J connectivity index is 2.72. The maximum Gasteiger partial charge on any atom is 0.128 e. The van der Waals surface area contributed by atoms with Crippen LogP contribution in [0.2, 0.25) is 0 Å². The lowest BCUT2D eigenvalue weighted by Crippen LogP contribution is -2.13. The molecule has 17 heavy (non-hydrogen) atoms. The molecule has 0 fully saturated rings. The van der Waals surface area contributed by atoms with Gasteiger partial charge < -0.3 is 9.84 Å². The van der Waals surface area contributed by atoms with Crippen molar-refractivity contribution in [1.29, 1.82) is 0 Å². The first-order chi connectivity index (χ1) is 8.07. The van der Waals surface area contributed by atoms with Crippen molar-refractivity contribution >= 4 is 0 Å². The highest BCUT2D eigenvalue weighted by Crippen LogP contribution is 2.39. The largest absolute Gasteiger partial charge is 0.496 e. The number of aliphatic hydroxyl groups is 1. The third-order valence-electron chi connectivity index (χ3n) is 3.98. The molecule has 1 aromatic carbocycles. The van der Waals surface area contributed by atoms with E-state index in [0.717, 1.165) is 24.2 Å². The van der Waals surface area contributed by atoms with Crippen molar-refractivity contribution in [3.05, 3.63) is 27.8 Å². The van der Waals surface area contributed by atoms with Gasteiger partial charge in [-0.15, -0.1) is 0 Å². The van der Waals surface area contributed by atoms with Crippen LogP contribution in [0.3, 0.4) is 0 Å². The summed E-state index contributed by atoms with van der Waals surface area (Å²) in [4.78, 5) is 0. The van der Waals surface area contributed by atoms with Gasteiger partial charge in [0.15, 0.2) is 0 Å². The third kappa shape index (κ3) is 1.95. The smallest absolute Gasteiger partial charge is 0.128 e. The maximum atomic E-state index is 9.96. The van der Waals surface area contributed by atoms with Crippen LogP contribution in [0.4, 0.5) is 0 Å². The van der Waals surface area contributed by atoms with E-state index in [-0.39, 0.29) is 0 Å². The minimum absolute atomic E-state index is 0.462. The van der Waals surface area contributed by atoms with Gasteiger partial charge >= 0.3 is 0 Å². The summed E-state index contributed by atoms with van der Waals surface area (Å²) in [6, 6.07) is 0. The first kappa shape index (κ1) is 12.4. The molecule has 0 spiro atoms. The third-order valence-corrected chi connectivity index (χ3v) is 3.98. The second-order valence-corrected chi connectivity index (χ2v) is 5.04. The van der Waals surface area contributed by atoms with Crippen LogP contribution < -0.4 is 4.74 Å². The fourth-order valence-electron chi connectivity index (χ4n) is 3.17. The number of hydrogen-bond acceptors (Lipinski definition) is 2. The number of benzene rings is 1. The Bertz CT molecular complexity index is 433. The fourth-order valence-corrected chi connectivity index (χ4v) is 3.17. The van der Waals surface area contributed by atoms with Gasteiger partial charge in [-0.25, -0.2) is 0 Å². The summed E-state index contributed by atoms with van der Waals surface area (Å²) in [6.07, 6.45) is 4.36. The van der Waals surface area contributed by atoms with Gasteiger partial charge in [-0.1, -0.05) is 0 Å². The minimum atomic E-state index is -0.462. The lowest BCUT2D eigenvalue weighted by molar-refractivity contribution is 0.193. The average Bonchev–Trinajstić information content (AvgIpc) is 2.33. The van der Waals surface area contributed by atoms with E-state index in [1.807, 2.05) is 6.92 Å². The summed E-state index contributed by atoms with van der Waals surface area (Å²) in [5, 5.41) is 9.96. The molecule has 0 saturated carbocycles. The van der Waals surface area contributed by atoms with Crippen molar-refractivity contribution < 1.29 is 9.84 Å². The van der Waals surface area contributed by atoms with Gasteiger partial charge in [0.1, 0.15) is 5.75 Å². The molecular weight excluding hydrogens is 212 g/mol. The van der Waals surface area contributed by atoms with Crippen LogP contribution in [0.25, 0.3) is 0 Å². The first-order valence-electron chi connectivity index (χ1n) is 6.44. The van der Waals surface area contributed by atoms with Crippen LogP contribution in [0.15, 0.2) is 0 Å². The van der Waals surface area contributed by atoms with E-state index in [1.165, 1.54) is 35.1 Å². The lowest BCUT2D eigenvalue weighted by Gasteiger charge is -2.26. The molecule has 2 nitrogen and oxygen atoms in total. The molecule has 0 amide bonds. The summed E-state index contributed by atoms with van der Waals surface area (Å²) in [5.41, 5.74) is 6.34. The Morgan fingerprint density at radius 2 is 1.59 bits per heavy atom. The molecule has 1 aromatic rings. The normalized spacial score (nSPS) is 16.5. The topological polar surface area (TPSA) is 29.5 Å². The zero-order valence-electron chi connectivity index (χ0n) is 11.3. The molecule has 1 atom stereocenters. The number of aliphatic hydroxyl groups excluding tert-OH is 1. The summed E-state index contributed by atoms with van der Waals surface area (Å²) in [6.45, 7) is 6.06. The van der Waals surface area contributed by atoms with Gasteiger partial charge in [-0.05, 0) is 68.7 Å². The Morgan fingerprint density at radius 1 is 1.06 bits per heavy atom. The van der Waals surface area contributed by atoms with Crippen LogP contribution in [0.5, 0.6) is 5.75 Å². The van der Waals surface area contributed by atoms with Gasteiger partial charge in [0.2, 0.25) is 0 Å². The molecule has 0 bridgehead atoms. The number of rotatable bonds is 2.